The maximum Gasteiger partial charge on any atom is 0.692 e. The zero-order valence-corrected chi connectivity index (χ0v) is 18.9. The fourth-order valence-corrected chi connectivity index (χ4v) is 3.37. The Hall–Kier alpha value is -0.0200. The molecular weight excluding hydrogens is 359 g/mol. The van der Waals surface area contributed by atoms with Crippen LogP contribution in [0.25, 0.3) is 0 Å². The Morgan fingerprint density at radius 1 is 0.481 bits per heavy atom. The van der Waals surface area contributed by atoms with Crippen LogP contribution >= 0.6 is 8.25 Å². The highest BCUT2D eigenvalue weighted by atomic mass is 31.1. The third kappa shape index (κ3) is 37.4. The Labute approximate surface area is 170 Å². The minimum absolute atomic E-state index is 0.374. The van der Waals surface area contributed by atoms with Crippen LogP contribution in [0.1, 0.15) is 135 Å². The van der Waals surface area contributed by atoms with Crippen molar-refractivity contribution in [3.05, 3.63) is 0 Å². The summed E-state index contributed by atoms with van der Waals surface area (Å²) < 4.78 is 8.70. The van der Waals surface area contributed by atoms with Crippen molar-refractivity contribution in [2.45, 2.75) is 135 Å². The molecule has 164 valence electrons. The molecule has 0 aliphatic rings. The molecule has 0 aliphatic heterocycles. The van der Waals surface area contributed by atoms with Crippen LogP contribution in [0.4, 0.5) is 0 Å². The molecule has 0 spiro atoms. The molecule has 0 heterocycles. The quantitative estimate of drug-likeness (QED) is 0.145. The fourth-order valence-electron chi connectivity index (χ4n) is 3.37. The van der Waals surface area contributed by atoms with Crippen molar-refractivity contribution >= 4 is 8.25 Å². The first kappa shape index (κ1) is 29.2. The second kappa shape index (κ2) is 28.2. The Morgan fingerprint density at radius 3 is 0.852 bits per heavy atom. The lowest BCUT2D eigenvalue weighted by atomic mass is 10.0. The van der Waals surface area contributed by atoms with Gasteiger partial charge in [-0.05, 0) is 6.42 Å². The molecule has 3 N–H and O–H groups in total. The van der Waals surface area contributed by atoms with Crippen molar-refractivity contribution in [3.63, 3.8) is 0 Å². The average Bonchev–Trinajstić information content (AvgIpc) is 2.63. The van der Waals surface area contributed by atoms with Crippen molar-refractivity contribution in [3.8, 4) is 0 Å². The second-order valence-corrected chi connectivity index (χ2v) is 8.20. The molecule has 0 bridgehead atoms. The topological polar surface area (TPSA) is 77.8 Å². The minimum Gasteiger partial charge on any atom is -0.396 e. The predicted octanol–water partition coefficient (Wildman–Crippen LogP) is 7.43. The van der Waals surface area contributed by atoms with E-state index in [2.05, 4.69) is 6.92 Å². The summed E-state index contributed by atoms with van der Waals surface area (Å²) in [4.78, 5) is 14.2. The lowest BCUT2D eigenvalue weighted by molar-refractivity contribution is 0.282. The molecule has 0 aromatic carbocycles. The van der Waals surface area contributed by atoms with E-state index < -0.39 is 8.25 Å². The SMILES string of the molecule is CCCCCCCCCCCCCCCCCCCCCCO.O=[P+](O)O. The van der Waals surface area contributed by atoms with Gasteiger partial charge < -0.3 is 5.11 Å². The molecule has 0 fully saturated rings. The Balaban J connectivity index is 0. The first-order chi connectivity index (χ1) is 13.1. The van der Waals surface area contributed by atoms with Gasteiger partial charge in [-0.2, -0.15) is 0 Å². The van der Waals surface area contributed by atoms with Crippen LogP contribution < -0.4 is 0 Å². The zero-order chi connectivity index (χ0) is 20.4. The monoisotopic (exact) mass is 407 g/mol. The number of aliphatic hydroxyl groups is 1. The Morgan fingerprint density at radius 2 is 0.667 bits per heavy atom. The highest BCUT2D eigenvalue weighted by Crippen LogP contribution is 2.14. The van der Waals surface area contributed by atoms with Crippen LogP contribution in [0.15, 0.2) is 0 Å². The average molecular weight is 408 g/mol. The number of hydrogen-bond acceptors (Lipinski definition) is 2. The molecule has 0 amide bonds. The summed E-state index contributed by atoms with van der Waals surface area (Å²) in [7, 11) is -2.87. The highest BCUT2D eigenvalue weighted by molar-refractivity contribution is 7.30. The van der Waals surface area contributed by atoms with Crippen LogP contribution in [0.5, 0.6) is 0 Å². The highest BCUT2D eigenvalue weighted by Gasteiger charge is 1.95. The van der Waals surface area contributed by atoms with Crippen LogP contribution in [-0.4, -0.2) is 21.5 Å². The molecular formula is C22H48O4P+. The molecule has 0 aromatic rings. The standard InChI is InChI=1S/C22H46O.HO3P/c1-2-3-4-5-6-7-8-9-10-11-12-13-14-15-16-17-18-19-20-21-22-23;1-4(2)3/h23H,2-22H2,1H3;(H-,1,2,3)/p+1. The molecule has 0 aromatic heterocycles. The van der Waals surface area contributed by atoms with Gasteiger partial charge in [0.1, 0.15) is 0 Å². The molecule has 0 rings (SSSR count). The van der Waals surface area contributed by atoms with Gasteiger partial charge in [0.15, 0.2) is 0 Å². The largest absolute Gasteiger partial charge is 0.692 e. The van der Waals surface area contributed by atoms with Crippen molar-refractivity contribution in [2.75, 3.05) is 6.61 Å². The normalized spacial score (nSPS) is 10.5. The zero-order valence-electron chi connectivity index (χ0n) is 18.0. The molecule has 0 unspecified atom stereocenters. The van der Waals surface area contributed by atoms with Crippen molar-refractivity contribution < 1.29 is 19.5 Å². The maximum absolute atomic E-state index is 8.71. The number of unbranched alkanes of at least 4 members (excludes halogenated alkanes) is 19. The van der Waals surface area contributed by atoms with E-state index in [9.17, 15) is 0 Å². The minimum atomic E-state index is -2.87. The van der Waals surface area contributed by atoms with Crippen LogP contribution in [0, 0.1) is 0 Å². The molecule has 5 heteroatoms. The summed E-state index contributed by atoms with van der Waals surface area (Å²) in [5.74, 6) is 0. The maximum atomic E-state index is 8.71. The molecule has 4 nitrogen and oxygen atoms in total. The molecule has 0 atom stereocenters. The van der Waals surface area contributed by atoms with E-state index in [1.807, 2.05) is 0 Å². The van der Waals surface area contributed by atoms with E-state index in [4.69, 9.17) is 19.5 Å². The Kier molecular flexibility index (Phi) is 30.5. The first-order valence-corrected chi connectivity index (χ1v) is 12.8. The van der Waals surface area contributed by atoms with E-state index >= 15 is 0 Å². The lowest BCUT2D eigenvalue weighted by Crippen LogP contribution is -1.85. The number of hydrogen-bond donors (Lipinski definition) is 3. The fraction of sp³-hybridized carbons (Fsp3) is 1.00. The van der Waals surface area contributed by atoms with E-state index in [0.717, 1.165) is 6.42 Å². The van der Waals surface area contributed by atoms with Crippen LogP contribution in [0.3, 0.4) is 0 Å². The van der Waals surface area contributed by atoms with Crippen LogP contribution in [-0.2, 0) is 4.57 Å². The van der Waals surface area contributed by atoms with Gasteiger partial charge in [0.25, 0.3) is 0 Å². The second-order valence-electron chi connectivity index (χ2n) is 7.69. The summed E-state index contributed by atoms with van der Waals surface area (Å²) in [5.41, 5.74) is 0. The summed E-state index contributed by atoms with van der Waals surface area (Å²) in [6.07, 6.45) is 28.1. The van der Waals surface area contributed by atoms with Crippen LogP contribution in [0.2, 0.25) is 0 Å². The smallest absolute Gasteiger partial charge is 0.396 e. The van der Waals surface area contributed by atoms with Gasteiger partial charge in [-0.15, -0.1) is 9.79 Å². The van der Waals surface area contributed by atoms with E-state index in [1.165, 1.54) is 122 Å². The number of rotatable bonds is 20. The first-order valence-electron chi connectivity index (χ1n) is 11.6. The lowest BCUT2D eigenvalue weighted by Gasteiger charge is -2.03. The van der Waals surface area contributed by atoms with Gasteiger partial charge >= 0.3 is 8.25 Å². The van der Waals surface area contributed by atoms with Crippen molar-refractivity contribution in [2.24, 2.45) is 0 Å². The van der Waals surface area contributed by atoms with Gasteiger partial charge in [-0.1, -0.05) is 129 Å². The summed E-state index contributed by atoms with van der Waals surface area (Å²) >= 11 is 0. The van der Waals surface area contributed by atoms with Gasteiger partial charge in [-0.25, -0.2) is 0 Å². The van der Waals surface area contributed by atoms with E-state index in [1.54, 1.807) is 0 Å². The molecule has 0 saturated carbocycles. The van der Waals surface area contributed by atoms with Gasteiger partial charge in [0, 0.05) is 11.2 Å². The van der Waals surface area contributed by atoms with E-state index in [0.29, 0.717) is 6.61 Å². The van der Waals surface area contributed by atoms with Crippen molar-refractivity contribution in [1.82, 2.24) is 0 Å². The van der Waals surface area contributed by atoms with Gasteiger partial charge in [0.2, 0.25) is 0 Å². The molecule has 0 saturated heterocycles. The summed E-state index contributed by atoms with van der Waals surface area (Å²) in [5, 5.41) is 8.71. The summed E-state index contributed by atoms with van der Waals surface area (Å²) in [6.45, 7) is 2.67. The molecule has 27 heavy (non-hydrogen) atoms. The van der Waals surface area contributed by atoms with Crippen molar-refractivity contribution in [1.29, 1.82) is 0 Å². The van der Waals surface area contributed by atoms with E-state index in [-0.39, 0.29) is 0 Å². The summed E-state index contributed by atoms with van der Waals surface area (Å²) in [6, 6.07) is 0. The number of aliphatic hydroxyl groups excluding tert-OH is 1. The molecule has 0 radical (unpaired) electrons. The third-order valence-electron chi connectivity index (χ3n) is 5.01. The molecule has 0 aliphatic carbocycles. The Bertz CT molecular complexity index is 251. The third-order valence-corrected chi connectivity index (χ3v) is 5.01. The van der Waals surface area contributed by atoms with Gasteiger partial charge in [-0.3, -0.25) is 0 Å². The predicted molar refractivity (Wildman–Crippen MR) is 117 cm³/mol. The van der Waals surface area contributed by atoms with Gasteiger partial charge in [0.05, 0.1) is 0 Å².